The molecule has 0 aliphatic heterocycles. The summed E-state index contributed by atoms with van der Waals surface area (Å²) in [5.74, 6) is -0.135. The normalized spacial score (nSPS) is 10.5. The van der Waals surface area contributed by atoms with E-state index in [4.69, 9.17) is 23.2 Å². The van der Waals surface area contributed by atoms with Crippen LogP contribution in [-0.2, 0) is 6.54 Å². The molecule has 0 saturated heterocycles. The zero-order chi connectivity index (χ0) is 14.0. The van der Waals surface area contributed by atoms with Crippen LogP contribution in [0.25, 0.3) is 0 Å². The van der Waals surface area contributed by atoms with Crippen molar-refractivity contribution in [2.24, 2.45) is 0 Å². The summed E-state index contributed by atoms with van der Waals surface area (Å²) in [6.45, 7) is 2.19. The molecular formula is C12H9Cl2IN2OS. The van der Waals surface area contributed by atoms with Gasteiger partial charge in [-0.2, -0.15) is 0 Å². The topological polar surface area (TPSA) is 42.0 Å². The lowest BCUT2D eigenvalue weighted by Crippen LogP contribution is -2.22. The number of hydrogen-bond donors (Lipinski definition) is 1. The van der Waals surface area contributed by atoms with Crippen molar-refractivity contribution < 1.29 is 4.79 Å². The number of aryl methyl sites for hydroxylation is 1. The molecule has 0 bridgehead atoms. The lowest BCUT2D eigenvalue weighted by molar-refractivity contribution is 0.0954. The summed E-state index contributed by atoms with van der Waals surface area (Å²) in [6, 6.07) is 5.20. The molecule has 3 nitrogen and oxygen atoms in total. The maximum Gasteiger partial charge on any atom is 0.263 e. The summed E-state index contributed by atoms with van der Waals surface area (Å²) in [5, 5.41) is 3.95. The molecule has 1 N–H and O–H groups in total. The molecule has 1 aromatic carbocycles. The molecule has 0 saturated carbocycles. The second kappa shape index (κ2) is 6.39. The van der Waals surface area contributed by atoms with Crippen molar-refractivity contribution in [3.05, 3.63) is 47.4 Å². The van der Waals surface area contributed by atoms with E-state index >= 15 is 0 Å². The maximum atomic E-state index is 12.0. The van der Waals surface area contributed by atoms with Crippen LogP contribution in [0.5, 0.6) is 0 Å². The number of nitrogens with one attached hydrogen (secondary N) is 1. The molecule has 0 radical (unpaired) electrons. The zero-order valence-electron chi connectivity index (χ0n) is 9.84. The van der Waals surface area contributed by atoms with Crippen molar-refractivity contribution in [3.8, 4) is 0 Å². The Morgan fingerprint density at radius 3 is 2.79 bits per heavy atom. The van der Waals surface area contributed by atoms with E-state index in [1.165, 1.54) is 11.3 Å². The molecule has 1 heterocycles. The summed E-state index contributed by atoms with van der Waals surface area (Å²) in [7, 11) is 0. The SMILES string of the molecule is Cc1nc(I)sc1C(=O)NCc1ccc(Cl)cc1Cl. The highest BCUT2D eigenvalue weighted by Gasteiger charge is 2.14. The molecule has 7 heteroatoms. The Hall–Kier alpha value is -0.370. The molecule has 19 heavy (non-hydrogen) atoms. The van der Waals surface area contributed by atoms with Crippen molar-refractivity contribution in [1.29, 1.82) is 0 Å². The maximum absolute atomic E-state index is 12.0. The summed E-state index contributed by atoms with van der Waals surface area (Å²) in [5.41, 5.74) is 1.57. The van der Waals surface area contributed by atoms with E-state index in [-0.39, 0.29) is 5.91 Å². The van der Waals surface area contributed by atoms with Gasteiger partial charge in [-0.3, -0.25) is 4.79 Å². The van der Waals surface area contributed by atoms with Crippen LogP contribution in [0, 0.1) is 9.94 Å². The third-order valence-corrected chi connectivity index (χ3v) is 4.86. The quantitative estimate of drug-likeness (QED) is 0.743. The molecule has 0 aliphatic rings. The third kappa shape index (κ3) is 3.81. The minimum absolute atomic E-state index is 0.135. The third-order valence-electron chi connectivity index (χ3n) is 2.43. The fraction of sp³-hybridized carbons (Fsp3) is 0.167. The molecule has 0 aliphatic carbocycles. The van der Waals surface area contributed by atoms with Crippen LogP contribution in [0.1, 0.15) is 20.9 Å². The number of aromatic nitrogens is 1. The monoisotopic (exact) mass is 426 g/mol. The van der Waals surface area contributed by atoms with Gasteiger partial charge in [-0.05, 0) is 47.2 Å². The molecule has 2 rings (SSSR count). The summed E-state index contributed by atoms with van der Waals surface area (Å²) >= 11 is 15.3. The first-order valence-corrected chi connectivity index (χ1v) is 7.97. The minimum Gasteiger partial charge on any atom is -0.347 e. The Morgan fingerprint density at radius 2 is 2.21 bits per heavy atom. The number of halogens is 3. The Labute approximate surface area is 138 Å². The first kappa shape index (κ1) is 15.0. The van der Waals surface area contributed by atoms with E-state index in [1.807, 2.05) is 6.92 Å². The Morgan fingerprint density at radius 1 is 1.47 bits per heavy atom. The molecule has 0 unspecified atom stereocenters. The largest absolute Gasteiger partial charge is 0.347 e. The number of rotatable bonds is 3. The highest BCUT2D eigenvalue weighted by atomic mass is 127. The van der Waals surface area contributed by atoms with Gasteiger partial charge >= 0.3 is 0 Å². The summed E-state index contributed by atoms with van der Waals surface area (Å²) < 4.78 is 0.852. The molecule has 1 aromatic heterocycles. The lowest BCUT2D eigenvalue weighted by atomic mass is 10.2. The molecule has 100 valence electrons. The van der Waals surface area contributed by atoms with Crippen molar-refractivity contribution in [2.75, 3.05) is 0 Å². The fourth-order valence-corrected chi connectivity index (χ4v) is 3.70. The van der Waals surface area contributed by atoms with E-state index in [1.54, 1.807) is 18.2 Å². The zero-order valence-corrected chi connectivity index (χ0v) is 14.3. The molecule has 2 aromatic rings. The average Bonchev–Trinajstić information content (AvgIpc) is 2.67. The van der Waals surface area contributed by atoms with Crippen LogP contribution in [0.15, 0.2) is 18.2 Å². The fourth-order valence-electron chi connectivity index (χ4n) is 1.49. The molecule has 0 fully saturated rings. The van der Waals surface area contributed by atoms with Crippen molar-refractivity contribution in [3.63, 3.8) is 0 Å². The van der Waals surface area contributed by atoms with Crippen LogP contribution in [0.2, 0.25) is 10.0 Å². The van der Waals surface area contributed by atoms with E-state index in [0.29, 0.717) is 21.5 Å². The first-order valence-electron chi connectivity index (χ1n) is 5.32. The molecule has 0 spiro atoms. The highest BCUT2D eigenvalue weighted by molar-refractivity contribution is 14.1. The standard InChI is InChI=1S/C12H9Cl2IN2OS/c1-6-10(19-12(15)17-6)11(18)16-5-7-2-3-8(13)4-9(7)14/h2-4H,5H2,1H3,(H,16,18). The van der Waals surface area contributed by atoms with Gasteiger partial charge in [-0.25, -0.2) is 4.98 Å². The van der Waals surface area contributed by atoms with E-state index in [2.05, 4.69) is 32.9 Å². The van der Waals surface area contributed by atoms with Crippen molar-refractivity contribution in [1.82, 2.24) is 10.3 Å². The molecule has 0 atom stereocenters. The minimum atomic E-state index is -0.135. The van der Waals surface area contributed by atoms with Gasteiger partial charge < -0.3 is 5.32 Å². The van der Waals surface area contributed by atoms with E-state index in [9.17, 15) is 4.79 Å². The van der Waals surface area contributed by atoms with Gasteiger partial charge in [0.15, 0.2) is 3.01 Å². The Kier molecular flexibility index (Phi) is 5.05. The predicted molar refractivity (Wildman–Crippen MR) is 87.2 cm³/mol. The van der Waals surface area contributed by atoms with Gasteiger partial charge in [-0.1, -0.05) is 29.3 Å². The second-order valence-corrected chi connectivity index (χ2v) is 7.40. The second-order valence-electron chi connectivity index (χ2n) is 3.80. The van der Waals surface area contributed by atoms with Crippen LogP contribution < -0.4 is 5.32 Å². The van der Waals surface area contributed by atoms with Gasteiger partial charge in [0.05, 0.1) is 5.69 Å². The van der Waals surface area contributed by atoms with E-state index in [0.717, 1.165) is 14.3 Å². The number of carbonyl (C=O) groups excluding carboxylic acids is 1. The number of thiazole rings is 1. The number of amides is 1. The van der Waals surface area contributed by atoms with Gasteiger partial charge in [-0.15, -0.1) is 11.3 Å². The summed E-state index contributed by atoms with van der Waals surface area (Å²) in [4.78, 5) is 16.9. The lowest BCUT2D eigenvalue weighted by Gasteiger charge is -2.06. The first-order chi connectivity index (χ1) is 8.97. The van der Waals surface area contributed by atoms with Crippen LogP contribution in [0.4, 0.5) is 0 Å². The smallest absolute Gasteiger partial charge is 0.263 e. The Balaban J connectivity index is 2.06. The van der Waals surface area contributed by atoms with Crippen molar-refractivity contribution in [2.45, 2.75) is 13.5 Å². The van der Waals surface area contributed by atoms with Gasteiger partial charge in [0.25, 0.3) is 5.91 Å². The summed E-state index contributed by atoms with van der Waals surface area (Å²) in [6.07, 6.45) is 0. The van der Waals surface area contributed by atoms with Gasteiger partial charge in [0.1, 0.15) is 4.88 Å². The number of hydrogen-bond acceptors (Lipinski definition) is 3. The van der Waals surface area contributed by atoms with Gasteiger partial charge in [0, 0.05) is 16.6 Å². The number of nitrogens with zero attached hydrogens (tertiary/aromatic N) is 1. The van der Waals surface area contributed by atoms with Gasteiger partial charge in [0.2, 0.25) is 0 Å². The number of benzene rings is 1. The van der Waals surface area contributed by atoms with Crippen LogP contribution in [-0.4, -0.2) is 10.9 Å². The average molecular weight is 427 g/mol. The number of carbonyl (C=O) groups is 1. The molecule has 1 amide bonds. The predicted octanol–water partition coefficient (Wildman–Crippen LogP) is 4.29. The van der Waals surface area contributed by atoms with E-state index < -0.39 is 0 Å². The highest BCUT2D eigenvalue weighted by Crippen LogP contribution is 2.22. The molecular weight excluding hydrogens is 418 g/mol. The Bertz CT molecular complexity index is 630. The van der Waals surface area contributed by atoms with Crippen LogP contribution >= 0.6 is 57.1 Å². The van der Waals surface area contributed by atoms with Crippen LogP contribution in [0.3, 0.4) is 0 Å². The van der Waals surface area contributed by atoms with Crippen molar-refractivity contribution >= 4 is 63.0 Å².